The Morgan fingerprint density at radius 1 is 1.15 bits per heavy atom. The number of nitrogens with zero attached hydrogens (tertiary/aromatic N) is 4. The minimum absolute atomic E-state index is 0.284. The molecule has 1 saturated carbocycles. The first-order chi connectivity index (χ1) is 9.47. The first-order valence-corrected chi connectivity index (χ1v) is 7.12. The zero-order chi connectivity index (χ0) is 14.4. The van der Waals surface area contributed by atoms with Gasteiger partial charge in [-0.1, -0.05) is 0 Å². The molecular weight excluding hydrogens is 258 g/mol. The summed E-state index contributed by atoms with van der Waals surface area (Å²) in [6.45, 7) is 1.66. The fraction of sp³-hybridized carbons (Fsp3) is 0.769. The van der Waals surface area contributed by atoms with Crippen LogP contribution < -0.4 is 21.9 Å². The molecular formula is C13H21N5O2. The molecule has 1 saturated heterocycles. The van der Waals surface area contributed by atoms with Crippen LogP contribution in [0.2, 0.25) is 0 Å². The van der Waals surface area contributed by atoms with E-state index in [4.69, 9.17) is 5.73 Å². The molecule has 1 aliphatic heterocycles. The average Bonchev–Trinajstić information content (AvgIpc) is 2.83. The van der Waals surface area contributed by atoms with E-state index in [9.17, 15) is 9.59 Å². The Labute approximate surface area is 117 Å². The molecule has 2 N–H and O–H groups in total. The smallest absolute Gasteiger partial charge is 0.346 e. The summed E-state index contributed by atoms with van der Waals surface area (Å²) < 4.78 is 2.35. The third kappa shape index (κ3) is 2.06. The Bertz CT molecular complexity index is 635. The van der Waals surface area contributed by atoms with Crippen molar-refractivity contribution < 1.29 is 0 Å². The number of aromatic nitrogens is 3. The van der Waals surface area contributed by atoms with Crippen molar-refractivity contribution in [3.63, 3.8) is 0 Å². The van der Waals surface area contributed by atoms with Crippen molar-refractivity contribution in [2.45, 2.75) is 25.3 Å². The molecule has 0 aromatic carbocycles. The number of aryl methyl sites for hydroxylation is 1. The highest BCUT2D eigenvalue weighted by atomic mass is 16.2. The van der Waals surface area contributed by atoms with Gasteiger partial charge in [-0.05, 0) is 31.1 Å². The molecule has 1 aromatic rings. The van der Waals surface area contributed by atoms with Crippen molar-refractivity contribution in [2.24, 2.45) is 31.7 Å². The van der Waals surface area contributed by atoms with Gasteiger partial charge in [0.05, 0.1) is 0 Å². The van der Waals surface area contributed by atoms with Crippen LogP contribution in [0.4, 0.5) is 5.82 Å². The third-order valence-electron chi connectivity index (χ3n) is 4.69. The van der Waals surface area contributed by atoms with Crippen molar-refractivity contribution in [2.75, 3.05) is 18.0 Å². The zero-order valence-corrected chi connectivity index (χ0v) is 12.0. The van der Waals surface area contributed by atoms with Crippen LogP contribution in [-0.2, 0) is 14.1 Å². The van der Waals surface area contributed by atoms with Crippen LogP contribution in [-0.4, -0.2) is 33.5 Å². The maximum absolute atomic E-state index is 12.2. The lowest BCUT2D eigenvalue weighted by Gasteiger charge is -2.27. The quantitative estimate of drug-likeness (QED) is 0.716. The minimum atomic E-state index is -0.391. The lowest BCUT2D eigenvalue weighted by Crippen LogP contribution is -2.42. The van der Waals surface area contributed by atoms with E-state index in [1.54, 1.807) is 7.05 Å². The molecule has 1 aromatic heterocycles. The molecule has 1 aliphatic carbocycles. The van der Waals surface area contributed by atoms with E-state index in [1.165, 1.54) is 11.7 Å². The normalized spacial score (nSPS) is 29.6. The van der Waals surface area contributed by atoms with Gasteiger partial charge in [0.2, 0.25) is 5.82 Å². The van der Waals surface area contributed by atoms with E-state index in [0.29, 0.717) is 17.7 Å². The van der Waals surface area contributed by atoms with Crippen LogP contribution >= 0.6 is 0 Å². The molecule has 0 amide bonds. The Morgan fingerprint density at radius 2 is 1.85 bits per heavy atom. The molecule has 2 heterocycles. The first kappa shape index (κ1) is 13.4. The molecule has 0 radical (unpaired) electrons. The SMILES string of the molecule is Cn1nc(N2C[C@H]3CCC(N)C[C@H]3C2)c(=O)n(C)c1=O. The fourth-order valence-corrected chi connectivity index (χ4v) is 3.52. The minimum Gasteiger partial charge on any atom is -0.350 e. The highest BCUT2D eigenvalue weighted by molar-refractivity contribution is 5.37. The van der Waals surface area contributed by atoms with Crippen molar-refractivity contribution >= 4 is 5.82 Å². The van der Waals surface area contributed by atoms with Crippen molar-refractivity contribution in [1.82, 2.24) is 14.3 Å². The van der Waals surface area contributed by atoms with Gasteiger partial charge in [-0.15, -0.1) is 5.10 Å². The van der Waals surface area contributed by atoms with Gasteiger partial charge in [0.1, 0.15) is 0 Å². The van der Waals surface area contributed by atoms with Gasteiger partial charge in [-0.3, -0.25) is 9.36 Å². The third-order valence-corrected chi connectivity index (χ3v) is 4.69. The molecule has 2 aliphatic rings. The van der Waals surface area contributed by atoms with E-state index in [-0.39, 0.29) is 11.6 Å². The van der Waals surface area contributed by atoms with Crippen molar-refractivity contribution in [1.29, 1.82) is 0 Å². The van der Waals surface area contributed by atoms with E-state index >= 15 is 0 Å². The number of rotatable bonds is 1. The van der Waals surface area contributed by atoms with Crippen LogP contribution in [0.25, 0.3) is 0 Å². The van der Waals surface area contributed by atoms with Crippen molar-refractivity contribution in [3.05, 3.63) is 20.8 Å². The van der Waals surface area contributed by atoms with Crippen LogP contribution in [0.5, 0.6) is 0 Å². The Balaban J connectivity index is 1.92. The Hall–Kier alpha value is -1.63. The average molecular weight is 279 g/mol. The zero-order valence-electron chi connectivity index (χ0n) is 12.0. The molecule has 7 nitrogen and oxygen atoms in total. The van der Waals surface area contributed by atoms with Crippen LogP contribution in [0.1, 0.15) is 19.3 Å². The lowest BCUT2D eigenvalue weighted by molar-refractivity contribution is 0.271. The predicted molar refractivity (Wildman–Crippen MR) is 75.7 cm³/mol. The van der Waals surface area contributed by atoms with Gasteiger partial charge in [0.25, 0.3) is 5.56 Å². The maximum Gasteiger partial charge on any atom is 0.346 e. The number of fused-ring (bicyclic) bond motifs is 1. The highest BCUT2D eigenvalue weighted by Gasteiger charge is 2.38. The van der Waals surface area contributed by atoms with E-state index in [2.05, 4.69) is 5.10 Å². The summed E-state index contributed by atoms with van der Waals surface area (Å²) >= 11 is 0. The molecule has 2 fully saturated rings. The van der Waals surface area contributed by atoms with Gasteiger partial charge in [0.15, 0.2) is 0 Å². The van der Waals surface area contributed by atoms with Crippen molar-refractivity contribution in [3.8, 4) is 0 Å². The number of nitrogens with two attached hydrogens (primary N) is 1. The molecule has 0 bridgehead atoms. The molecule has 1 unspecified atom stereocenters. The second kappa shape index (κ2) is 4.73. The Morgan fingerprint density at radius 3 is 2.60 bits per heavy atom. The molecule has 3 atom stereocenters. The summed E-state index contributed by atoms with van der Waals surface area (Å²) in [5.41, 5.74) is 5.33. The number of hydrogen-bond donors (Lipinski definition) is 1. The van der Waals surface area contributed by atoms with E-state index in [1.807, 2.05) is 4.90 Å². The monoisotopic (exact) mass is 279 g/mol. The largest absolute Gasteiger partial charge is 0.350 e. The van der Waals surface area contributed by atoms with E-state index in [0.717, 1.165) is 36.9 Å². The summed E-state index contributed by atoms with van der Waals surface area (Å²) in [6.07, 6.45) is 3.20. The van der Waals surface area contributed by atoms with Gasteiger partial charge in [-0.2, -0.15) is 0 Å². The second-order valence-electron chi connectivity index (χ2n) is 6.09. The highest BCUT2D eigenvalue weighted by Crippen LogP contribution is 2.36. The summed E-state index contributed by atoms with van der Waals surface area (Å²) in [4.78, 5) is 25.9. The lowest BCUT2D eigenvalue weighted by atomic mass is 9.79. The molecule has 3 rings (SSSR count). The van der Waals surface area contributed by atoms with Gasteiger partial charge in [0, 0.05) is 33.2 Å². The molecule has 0 spiro atoms. The Kier molecular flexibility index (Phi) is 3.16. The van der Waals surface area contributed by atoms with Crippen LogP contribution in [0.3, 0.4) is 0 Å². The summed E-state index contributed by atoms with van der Waals surface area (Å²) in [5.74, 6) is 1.53. The standard InChI is InChI=1S/C13H21N5O2/c1-16-12(19)11(15-17(2)13(16)20)18-6-8-3-4-10(14)5-9(8)7-18/h8-10H,3-7,14H2,1-2H3/t8-,9+,10?/m1/s1. The van der Waals surface area contributed by atoms with Gasteiger partial charge in [-0.25, -0.2) is 9.48 Å². The van der Waals surface area contributed by atoms with E-state index < -0.39 is 5.69 Å². The summed E-state index contributed by atoms with van der Waals surface area (Å²) in [5, 5.41) is 4.16. The summed E-state index contributed by atoms with van der Waals surface area (Å²) in [7, 11) is 3.07. The van der Waals surface area contributed by atoms with Gasteiger partial charge >= 0.3 is 5.69 Å². The second-order valence-corrected chi connectivity index (χ2v) is 6.09. The molecule has 110 valence electrons. The maximum atomic E-state index is 12.2. The first-order valence-electron chi connectivity index (χ1n) is 7.12. The van der Waals surface area contributed by atoms with Crippen LogP contribution in [0.15, 0.2) is 9.59 Å². The van der Waals surface area contributed by atoms with Gasteiger partial charge < -0.3 is 10.6 Å². The summed E-state index contributed by atoms with van der Waals surface area (Å²) in [6, 6.07) is 0.284. The molecule has 20 heavy (non-hydrogen) atoms. The number of anilines is 1. The fourth-order valence-electron chi connectivity index (χ4n) is 3.52. The molecule has 7 heteroatoms. The predicted octanol–water partition coefficient (Wildman–Crippen LogP) is -0.957. The van der Waals surface area contributed by atoms with Crippen LogP contribution in [0, 0.1) is 11.8 Å². The topological polar surface area (TPSA) is 86.2 Å². The number of hydrogen-bond acceptors (Lipinski definition) is 5.